The Hall–Kier alpha value is 0.330. The molecule has 0 aromatic heterocycles. The second-order valence-corrected chi connectivity index (χ2v) is 5.71. The van der Waals surface area contributed by atoms with Crippen molar-refractivity contribution in [2.75, 3.05) is 25.4 Å². The quantitative estimate of drug-likeness (QED) is 0.698. The Labute approximate surface area is 82.0 Å². The van der Waals surface area contributed by atoms with E-state index in [4.69, 9.17) is 0 Å². The van der Waals surface area contributed by atoms with Crippen molar-refractivity contribution in [1.82, 2.24) is 5.32 Å². The SMILES string of the molecule is C1CNC[C@H](SC2=NCCS2)C1. The van der Waals surface area contributed by atoms with Crippen LogP contribution in [0.2, 0.25) is 0 Å². The van der Waals surface area contributed by atoms with Crippen molar-refractivity contribution < 1.29 is 0 Å². The van der Waals surface area contributed by atoms with E-state index in [0.717, 1.165) is 11.8 Å². The van der Waals surface area contributed by atoms with E-state index >= 15 is 0 Å². The minimum absolute atomic E-state index is 0.781. The summed E-state index contributed by atoms with van der Waals surface area (Å²) >= 11 is 3.90. The van der Waals surface area contributed by atoms with E-state index < -0.39 is 0 Å². The molecule has 0 spiro atoms. The van der Waals surface area contributed by atoms with Gasteiger partial charge >= 0.3 is 0 Å². The molecule has 12 heavy (non-hydrogen) atoms. The maximum Gasteiger partial charge on any atom is 0.124 e. The van der Waals surface area contributed by atoms with Gasteiger partial charge in [0.05, 0.1) is 6.54 Å². The molecule has 1 saturated heterocycles. The van der Waals surface area contributed by atoms with Gasteiger partial charge in [-0.15, -0.1) is 0 Å². The summed E-state index contributed by atoms with van der Waals surface area (Å²) in [4.78, 5) is 4.44. The van der Waals surface area contributed by atoms with Gasteiger partial charge in [-0.1, -0.05) is 23.5 Å². The van der Waals surface area contributed by atoms with Crippen LogP contribution in [0.4, 0.5) is 0 Å². The topological polar surface area (TPSA) is 24.4 Å². The fraction of sp³-hybridized carbons (Fsp3) is 0.875. The average Bonchev–Trinajstić information content (AvgIpc) is 2.59. The van der Waals surface area contributed by atoms with E-state index in [-0.39, 0.29) is 0 Å². The molecule has 1 atom stereocenters. The predicted molar refractivity (Wildman–Crippen MR) is 58.2 cm³/mol. The van der Waals surface area contributed by atoms with Gasteiger partial charge in [-0.3, -0.25) is 4.99 Å². The van der Waals surface area contributed by atoms with Crippen LogP contribution in [-0.4, -0.2) is 35.0 Å². The molecule has 4 heteroatoms. The van der Waals surface area contributed by atoms with Crippen LogP contribution in [-0.2, 0) is 0 Å². The van der Waals surface area contributed by atoms with Gasteiger partial charge in [-0.05, 0) is 19.4 Å². The first-order valence-electron chi connectivity index (χ1n) is 4.50. The standard InChI is InChI=1S/C8H14N2S2/c1-2-7(6-9-3-1)12-8-10-4-5-11-8/h7,9H,1-6H2/t7-/m1/s1. The molecule has 0 aromatic rings. The Balaban J connectivity index is 1.77. The van der Waals surface area contributed by atoms with E-state index in [1.807, 2.05) is 23.5 Å². The number of hydrogen-bond acceptors (Lipinski definition) is 4. The van der Waals surface area contributed by atoms with Crippen molar-refractivity contribution in [1.29, 1.82) is 0 Å². The lowest BCUT2D eigenvalue weighted by molar-refractivity contribution is 0.532. The van der Waals surface area contributed by atoms with Crippen LogP contribution in [0.5, 0.6) is 0 Å². The summed E-state index contributed by atoms with van der Waals surface area (Å²) in [6.07, 6.45) is 2.69. The summed E-state index contributed by atoms with van der Waals surface area (Å²) < 4.78 is 1.32. The van der Waals surface area contributed by atoms with E-state index in [1.54, 1.807) is 0 Å². The Morgan fingerprint density at radius 2 is 2.58 bits per heavy atom. The van der Waals surface area contributed by atoms with Gasteiger partial charge in [0, 0.05) is 17.5 Å². The summed E-state index contributed by atoms with van der Waals surface area (Å²) in [5.74, 6) is 1.20. The summed E-state index contributed by atoms with van der Waals surface area (Å²) in [6.45, 7) is 3.41. The lowest BCUT2D eigenvalue weighted by Crippen LogP contribution is -2.31. The molecule has 68 valence electrons. The minimum Gasteiger partial charge on any atom is -0.316 e. The first-order chi connectivity index (χ1) is 5.95. The number of rotatable bonds is 1. The Bertz CT molecular complexity index is 176. The number of aliphatic imine (C=N–C) groups is 1. The van der Waals surface area contributed by atoms with Gasteiger partial charge < -0.3 is 5.32 Å². The molecule has 0 saturated carbocycles. The fourth-order valence-corrected chi connectivity index (χ4v) is 3.86. The van der Waals surface area contributed by atoms with Crippen molar-refractivity contribution in [3.05, 3.63) is 0 Å². The second kappa shape index (κ2) is 4.53. The average molecular weight is 202 g/mol. The molecule has 0 bridgehead atoms. The molecule has 0 radical (unpaired) electrons. The molecule has 2 aliphatic rings. The molecule has 1 fully saturated rings. The van der Waals surface area contributed by atoms with Crippen molar-refractivity contribution in [2.24, 2.45) is 4.99 Å². The zero-order valence-electron chi connectivity index (χ0n) is 7.08. The minimum atomic E-state index is 0.781. The Morgan fingerprint density at radius 3 is 3.25 bits per heavy atom. The number of thioether (sulfide) groups is 2. The zero-order chi connectivity index (χ0) is 8.23. The van der Waals surface area contributed by atoms with Gasteiger partial charge in [-0.25, -0.2) is 0 Å². The van der Waals surface area contributed by atoms with Crippen LogP contribution in [0.15, 0.2) is 4.99 Å². The number of piperidine rings is 1. The predicted octanol–water partition coefficient (Wildman–Crippen LogP) is 1.57. The van der Waals surface area contributed by atoms with Crippen LogP contribution in [0.3, 0.4) is 0 Å². The van der Waals surface area contributed by atoms with Crippen molar-refractivity contribution in [3.8, 4) is 0 Å². The highest BCUT2D eigenvalue weighted by Gasteiger charge is 2.17. The van der Waals surface area contributed by atoms with Crippen LogP contribution < -0.4 is 5.32 Å². The maximum atomic E-state index is 4.44. The van der Waals surface area contributed by atoms with Gasteiger partial charge in [-0.2, -0.15) is 0 Å². The molecular formula is C8H14N2S2. The summed E-state index contributed by atoms with van der Waals surface area (Å²) in [5.41, 5.74) is 0. The van der Waals surface area contributed by atoms with Gasteiger partial charge in [0.1, 0.15) is 4.38 Å². The summed E-state index contributed by atoms with van der Waals surface area (Å²) in [5, 5.41) is 4.20. The lowest BCUT2D eigenvalue weighted by Gasteiger charge is -2.21. The second-order valence-electron chi connectivity index (χ2n) is 3.08. The number of hydrogen-bond donors (Lipinski definition) is 1. The van der Waals surface area contributed by atoms with Crippen LogP contribution in [0.1, 0.15) is 12.8 Å². The molecule has 0 amide bonds. The number of nitrogens with zero attached hydrogens (tertiary/aromatic N) is 1. The van der Waals surface area contributed by atoms with Crippen molar-refractivity contribution in [2.45, 2.75) is 18.1 Å². The molecule has 2 rings (SSSR count). The van der Waals surface area contributed by atoms with Crippen molar-refractivity contribution in [3.63, 3.8) is 0 Å². The third kappa shape index (κ3) is 2.41. The largest absolute Gasteiger partial charge is 0.316 e. The van der Waals surface area contributed by atoms with E-state index in [9.17, 15) is 0 Å². The first kappa shape index (κ1) is 8.91. The molecule has 0 aliphatic carbocycles. The maximum absolute atomic E-state index is 4.44. The van der Waals surface area contributed by atoms with Crippen LogP contribution in [0, 0.1) is 0 Å². The third-order valence-electron chi connectivity index (χ3n) is 2.08. The Morgan fingerprint density at radius 1 is 1.58 bits per heavy atom. The van der Waals surface area contributed by atoms with E-state index in [1.165, 1.54) is 36.1 Å². The summed E-state index contributed by atoms with van der Waals surface area (Å²) in [7, 11) is 0. The highest BCUT2D eigenvalue weighted by Crippen LogP contribution is 2.28. The van der Waals surface area contributed by atoms with Gasteiger partial charge in [0.15, 0.2) is 0 Å². The van der Waals surface area contributed by atoms with E-state index in [2.05, 4.69) is 10.3 Å². The zero-order valence-corrected chi connectivity index (χ0v) is 8.72. The molecule has 0 unspecified atom stereocenters. The van der Waals surface area contributed by atoms with Gasteiger partial charge in [0.2, 0.25) is 0 Å². The highest BCUT2D eigenvalue weighted by atomic mass is 32.2. The first-order valence-corrected chi connectivity index (χ1v) is 6.36. The molecule has 0 aromatic carbocycles. The smallest absolute Gasteiger partial charge is 0.124 e. The molecule has 1 N–H and O–H groups in total. The summed E-state index contributed by atoms with van der Waals surface area (Å²) in [6, 6.07) is 0. The molecule has 2 nitrogen and oxygen atoms in total. The normalized spacial score (nSPS) is 30.3. The van der Waals surface area contributed by atoms with Crippen LogP contribution >= 0.6 is 23.5 Å². The van der Waals surface area contributed by atoms with Gasteiger partial charge in [0.25, 0.3) is 0 Å². The highest BCUT2D eigenvalue weighted by molar-refractivity contribution is 8.39. The van der Waals surface area contributed by atoms with E-state index in [0.29, 0.717) is 0 Å². The molecule has 2 aliphatic heterocycles. The number of nitrogens with one attached hydrogen (secondary N) is 1. The monoisotopic (exact) mass is 202 g/mol. The van der Waals surface area contributed by atoms with Crippen molar-refractivity contribution >= 4 is 27.9 Å². The van der Waals surface area contributed by atoms with Crippen LogP contribution in [0.25, 0.3) is 0 Å². The molecule has 2 heterocycles. The third-order valence-corrected chi connectivity index (χ3v) is 4.55. The molecular weight excluding hydrogens is 188 g/mol. The Kier molecular flexibility index (Phi) is 3.37. The lowest BCUT2D eigenvalue weighted by atomic mass is 10.2. The fourth-order valence-electron chi connectivity index (χ4n) is 1.45.